The standard InChI is InChI=1S/C12H18N4O3S/c1-4-13-7-11-8(2)19-9(3)12(11)20(17,18)16-10-5-14-15-6-10/h5-6,13,16H,4,7H2,1-3H3,(H,14,15). The summed E-state index contributed by atoms with van der Waals surface area (Å²) >= 11 is 0. The van der Waals surface area contributed by atoms with Gasteiger partial charge < -0.3 is 9.73 Å². The highest BCUT2D eigenvalue weighted by molar-refractivity contribution is 7.92. The average Bonchev–Trinajstić information content (AvgIpc) is 2.94. The van der Waals surface area contributed by atoms with Gasteiger partial charge in [0, 0.05) is 18.3 Å². The molecule has 0 aliphatic carbocycles. The van der Waals surface area contributed by atoms with Crippen molar-refractivity contribution >= 4 is 15.7 Å². The average molecular weight is 298 g/mol. The summed E-state index contributed by atoms with van der Waals surface area (Å²) in [6, 6.07) is 0. The zero-order valence-corrected chi connectivity index (χ0v) is 12.5. The number of hydrogen-bond acceptors (Lipinski definition) is 5. The first-order valence-electron chi connectivity index (χ1n) is 6.27. The van der Waals surface area contributed by atoms with E-state index >= 15 is 0 Å². The third-order valence-electron chi connectivity index (χ3n) is 2.90. The molecule has 0 spiro atoms. The number of rotatable bonds is 6. The van der Waals surface area contributed by atoms with Gasteiger partial charge in [-0.05, 0) is 20.4 Å². The Labute approximate surface area is 117 Å². The molecule has 2 aromatic heterocycles. The number of aromatic nitrogens is 2. The number of hydrogen-bond donors (Lipinski definition) is 3. The number of aromatic amines is 1. The fourth-order valence-electron chi connectivity index (χ4n) is 2.03. The van der Waals surface area contributed by atoms with Crippen LogP contribution in [0.15, 0.2) is 21.7 Å². The van der Waals surface area contributed by atoms with Crippen LogP contribution in [-0.4, -0.2) is 25.2 Å². The summed E-state index contributed by atoms with van der Waals surface area (Å²) in [5.41, 5.74) is 1.04. The lowest BCUT2D eigenvalue weighted by atomic mass is 10.2. The lowest BCUT2D eigenvalue weighted by Crippen LogP contribution is -2.18. The normalized spacial score (nSPS) is 11.8. The highest BCUT2D eigenvalue weighted by Crippen LogP contribution is 2.28. The predicted molar refractivity (Wildman–Crippen MR) is 75.0 cm³/mol. The molecule has 0 aliphatic rings. The number of nitrogens with one attached hydrogen (secondary N) is 3. The summed E-state index contributed by atoms with van der Waals surface area (Å²) in [6.07, 6.45) is 2.88. The second-order valence-electron chi connectivity index (χ2n) is 4.39. The molecule has 0 bridgehead atoms. The quantitative estimate of drug-likeness (QED) is 0.751. The molecule has 3 N–H and O–H groups in total. The van der Waals surface area contributed by atoms with Crippen LogP contribution in [0.2, 0.25) is 0 Å². The molecule has 7 nitrogen and oxygen atoms in total. The van der Waals surface area contributed by atoms with Gasteiger partial charge >= 0.3 is 0 Å². The maximum Gasteiger partial charge on any atom is 0.265 e. The van der Waals surface area contributed by atoms with E-state index in [1.165, 1.54) is 12.4 Å². The molecule has 110 valence electrons. The molecule has 20 heavy (non-hydrogen) atoms. The number of sulfonamides is 1. The van der Waals surface area contributed by atoms with E-state index in [2.05, 4.69) is 20.2 Å². The lowest BCUT2D eigenvalue weighted by Gasteiger charge is -2.08. The van der Waals surface area contributed by atoms with E-state index in [-0.39, 0.29) is 4.90 Å². The van der Waals surface area contributed by atoms with Crippen molar-refractivity contribution in [1.82, 2.24) is 15.5 Å². The van der Waals surface area contributed by atoms with Gasteiger partial charge in [-0.2, -0.15) is 5.10 Å². The van der Waals surface area contributed by atoms with Crippen molar-refractivity contribution in [2.45, 2.75) is 32.2 Å². The monoisotopic (exact) mass is 298 g/mol. The Morgan fingerprint density at radius 2 is 2.10 bits per heavy atom. The van der Waals surface area contributed by atoms with E-state index in [1.54, 1.807) is 13.8 Å². The van der Waals surface area contributed by atoms with E-state index < -0.39 is 10.0 Å². The highest BCUT2D eigenvalue weighted by Gasteiger charge is 2.26. The molecule has 0 aliphatic heterocycles. The van der Waals surface area contributed by atoms with Gasteiger partial charge in [-0.15, -0.1) is 0 Å². The number of anilines is 1. The number of nitrogens with zero attached hydrogens (tertiary/aromatic N) is 1. The minimum atomic E-state index is -3.70. The Kier molecular flexibility index (Phi) is 4.15. The largest absolute Gasteiger partial charge is 0.465 e. The van der Waals surface area contributed by atoms with Crippen molar-refractivity contribution in [3.63, 3.8) is 0 Å². The third kappa shape index (κ3) is 2.86. The van der Waals surface area contributed by atoms with Crippen LogP contribution in [0.25, 0.3) is 0 Å². The molecule has 0 unspecified atom stereocenters. The number of aryl methyl sites for hydroxylation is 2. The van der Waals surface area contributed by atoms with Crippen LogP contribution >= 0.6 is 0 Å². The van der Waals surface area contributed by atoms with Crippen LogP contribution in [0, 0.1) is 13.8 Å². The van der Waals surface area contributed by atoms with Gasteiger partial charge in [-0.25, -0.2) is 8.42 Å². The van der Waals surface area contributed by atoms with Crippen molar-refractivity contribution in [3.05, 3.63) is 29.5 Å². The molecule has 0 radical (unpaired) electrons. The van der Waals surface area contributed by atoms with E-state index in [0.717, 1.165) is 6.54 Å². The van der Waals surface area contributed by atoms with E-state index in [1.807, 2.05) is 6.92 Å². The van der Waals surface area contributed by atoms with Crippen molar-refractivity contribution in [1.29, 1.82) is 0 Å². The second-order valence-corrected chi connectivity index (χ2v) is 6.01. The van der Waals surface area contributed by atoms with Crippen LogP contribution in [0.5, 0.6) is 0 Å². The van der Waals surface area contributed by atoms with Gasteiger partial charge in [0.25, 0.3) is 10.0 Å². The molecular formula is C12H18N4O3S. The molecule has 0 aromatic carbocycles. The van der Waals surface area contributed by atoms with E-state index in [0.29, 0.717) is 29.3 Å². The molecule has 8 heteroatoms. The van der Waals surface area contributed by atoms with Crippen molar-refractivity contribution in [2.75, 3.05) is 11.3 Å². The van der Waals surface area contributed by atoms with Crippen molar-refractivity contribution in [3.8, 4) is 0 Å². The lowest BCUT2D eigenvalue weighted by molar-refractivity contribution is 0.493. The van der Waals surface area contributed by atoms with Crippen molar-refractivity contribution in [2.24, 2.45) is 0 Å². The minimum absolute atomic E-state index is 0.192. The predicted octanol–water partition coefficient (Wildman–Crippen LogP) is 1.53. The van der Waals surface area contributed by atoms with Crippen LogP contribution in [0.4, 0.5) is 5.69 Å². The second kappa shape index (κ2) is 5.68. The molecule has 2 aromatic rings. The molecular weight excluding hydrogens is 280 g/mol. The van der Waals surface area contributed by atoms with Gasteiger partial charge in [0.05, 0.1) is 11.9 Å². The Morgan fingerprint density at radius 3 is 2.70 bits per heavy atom. The number of H-pyrrole nitrogens is 1. The summed E-state index contributed by atoms with van der Waals surface area (Å²) < 4.78 is 32.9. The first-order chi connectivity index (χ1) is 9.45. The third-order valence-corrected chi connectivity index (χ3v) is 4.47. The Balaban J connectivity index is 2.40. The zero-order chi connectivity index (χ0) is 14.8. The van der Waals surface area contributed by atoms with Crippen LogP contribution < -0.4 is 10.0 Å². The summed E-state index contributed by atoms with van der Waals surface area (Å²) in [4.78, 5) is 0.192. The first kappa shape index (κ1) is 14.6. The summed E-state index contributed by atoms with van der Waals surface area (Å²) in [5.74, 6) is 0.988. The molecule has 0 fully saturated rings. The minimum Gasteiger partial charge on any atom is -0.465 e. The Morgan fingerprint density at radius 1 is 1.35 bits per heavy atom. The first-order valence-corrected chi connectivity index (χ1v) is 7.75. The van der Waals surface area contributed by atoms with Gasteiger partial charge in [0.15, 0.2) is 0 Å². The SMILES string of the molecule is CCNCc1c(C)oc(C)c1S(=O)(=O)Nc1cn[nH]c1. The molecule has 0 amide bonds. The summed E-state index contributed by atoms with van der Waals surface area (Å²) in [5, 5.41) is 9.39. The summed E-state index contributed by atoms with van der Waals surface area (Å²) in [6.45, 7) is 6.56. The Hall–Kier alpha value is -1.80. The van der Waals surface area contributed by atoms with Gasteiger partial charge in [-0.3, -0.25) is 9.82 Å². The van der Waals surface area contributed by atoms with Crippen LogP contribution in [-0.2, 0) is 16.6 Å². The highest BCUT2D eigenvalue weighted by atomic mass is 32.2. The van der Waals surface area contributed by atoms with Crippen LogP contribution in [0.3, 0.4) is 0 Å². The fraction of sp³-hybridized carbons (Fsp3) is 0.417. The molecule has 0 saturated heterocycles. The fourth-order valence-corrected chi connectivity index (χ4v) is 3.51. The maximum absolute atomic E-state index is 12.5. The topological polar surface area (TPSA) is 100 Å². The molecule has 0 saturated carbocycles. The molecule has 2 heterocycles. The van der Waals surface area contributed by atoms with Gasteiger partial charge in [0.2, 0.25) is 0 Å². The van der Waals surface area contributed by atoms with E-state index in [9.17, 15) is 8.42 Å². The maximum atomic E-state index is 12.5. The zero-order valence-electron chi connectivity index (χ0n) is 11.6. The van der Waals surface area contributed by atoms with Crippen LogP contribution in [0.1, 0.15) is 24.0 Å². The summed E-state index contributed by atoms with van der Waals surface area (Å²) in [7, 11) is -3.70. The smallest absolute Gasteiger partial charge is 0.265 e. The van der Waals surface area contributed by atoms with Crippen molar-refractivity contribution < 1.29 is 12.8 Å². The van der Waals surface area contributed by atoms with Gasteiger partial charge in [-0.1, -0.05) is 6.92 Å². The molecule has 2 rings (SSSR count). The number of furan rings is 1. The molecule has 0 atom stereocenters. The van der Waals surface area contributed by atoms with E-state index in [4.69, 9.17) is 4.42 Å². The Bertz CT molecular complexity index is 674. The van der Waals surface area contributed by atoms with Gasteiger partial charge in [0.1, 0.15) is 16.4 Å².